The zero-order chi connectivity index (χ0) is 14.9. The van der Waals surface area contributed by atoms with E-state index in [2.05, 4.69) is 19.2 Å². The molecule has 0 bridgehead atoms. The zero-order valence-corrected chi connectivity index (χ0v) is 11.7. The molecule has 1 saturated carbocycles. The van der Waals surface area contributed by atoms with Gasteiger partial charge in [-0.25, -0.2) is 8.78 Å². The molecule has 1 aliphatic rings. The second-order valence-electron chi connectivity index (χ2n) is 5.94. The number of nitrogens with one attached hydrogen (secondary N) is 1. The van der Waals surface area contributed by atoms with Gasteiger partial charge in [0.25, 0.3) is 5.91 Å². The number of halogens is 2. The molecule has 3 N–H and O–H groups in total. The molecule has 0 spiro atoms. The van der Waals surface area contributed by atoms with Crippen LogP contribution in [0.3, 0.4) is 0 Å². The van der Waals surface area contributed by atoms with E-state index >= 15 is 0 Å². The molecule has 0 heterocycles. The van der Waals surface area contributed by atoms with Gasteiger partial charge in [0.05, 0.1) is 0 Å². The lowest BCUT2D eigenvalue weighted by atomic mass is 9.80. The van der Waals surface area contributed by atoms with Crippen LogP contribution in [0.5, 0.6) is 0 Å². The topological polar surface area (TPSA) is 55.1 Å². The van der Waals surface area contributed by atoms with Gasteiger partial charge in [0.15, 0.2) is 0 Å². The fraction of sp³-hybridized carbons (Fsp3) is 0.533. The number of carbonyl (C=O) groups excluding carboxylic acids is 1. The predicted molar refractivity (Wildman–Crippen MR) is 74.2 cm³/mol. The van der Waals surface area contributed by atoms with Gasteiger partial charge in [0.2, 0.25) is 0 Å². The molecule has 1 aromatic carbocycles. The minimum atomic E-state index is -0.902. The summed E-state index contributed by atoms with van der Waals surface area (Å²) in [5.74, 6) is -1.16. The number of hydrogen-bond donors (Lipinski definition) is 2. The Kier molecular flexibility index (Phi) is 4.26. The van der Waals surface area contributed by atoms with Crippen molar-refractivity contribution in [3.63, 3.8) is 0 Å². The van der Waals surface area contributed by atoms with E-state index in [9.17, 15) is 13.6 Å². The number of anilines is 1. The van der Waals surface area contributed by atoms with Gasteiger partial charge in [-0.15, -0.1) is 0 Å². The normalized spacial score (nSPS) is 26.3. The molecule has 5 heteroatoms. The highest BCUT2D eigenvalue weighted by Gasteiger charge is 2.25. The summed E-state index contributed by atoms with van der Waals surface area (Å²) in [6.07, 6.45) is 2.95. The van der Waals surface area contributed by atoms with Crippen LogP contribution in [0, 0.1) is 23.5 Å². The van der Waals surface area contributed by atoms with E-state index in [4.69, 9.17) is 5.73 Å². The molecular weight excluding hydrogens is 262 g/mol. The first kappa shape index (κ1) is 14.8. The zero-order valence-electron chi connectivity index (χ0n) is 11.7. The Hall–Kier alpha value is -1.65. The number of rotatable bonds is 2. The molecule has 2 unspecified atom stereocenters. The third-order valence-corrected chi connectivity index (χ3v) is 3.85. The molecule has 0 aromatic heterocycles. The number of benzene rings is 1. The molecule has 0 saturated heterocycles. The van der Waals surface area contributed by atoms with Gasteiger partial charge in [0.1, 0.15) is 17.3 Å². The third kappa shape index (κ3) is 3.26. The highest BCUT2D eigenvalue weighted by atomic mass is 19.1. The van der Waals surface area contributed by atoms with Crippen molar-refractivity contribution in [3.05, 3.63) is 29.3 Å². The minimum Gasteiger partial charge on any atom is -0.394 e. The van der Waals surface area contributed by atoms with Crippen molar-refractivity contribution >= 4 is 11.6 Å². The fourth-order valence-corrected chi connectivity index (χ4v) is 3.05. The summed E-state index contributed by atoms with van der Waals surface area (Å²) in [5.41, 5.74) is 4.61. The highest BCUT2D eigenvalue weighted by molar-refractivity contribution is 5.94. The second kappa shape index (κ2) is 5.77. The maximum absolute atomic E-state index is 13.4. The molecule has 1 fully saturated rings. The molecule has 2 atom stereocenters. The molecule has 2 rings (SSSR count). The SMILES string of the molecule is CC1CC(C)CC(NC(=O)c2cc(F)c(N)c(F)c2)C1. The maximum atomic E-state index is 13.4. The molecule has 3 nitrogen and oxygen atoms in total. The lowest BCUT2D eigenvalue weighted by Crippen LogP contribution is -2.40. The maximum Gasteiger partial charge on any atom is 0.251 e. The number of nitrogens with two attached hydrogens (primary N) is 1. The van der Waals surface area contributed by atoms with Crippen LogP contribution >= 0.6 is 0 Å². The smallest absolute Gasteiger partial charge is 0.251 e. The summed E-state index contributed by atoms with van der Waals surface area (Å²) in [6, 6.07) is 2.01. The summed E-state index contributed by atoms with van der Waals surface area (Å²) in [7, 11) is 0. The van der Waals surface area contributed by atoms with Crippen LogP contribution in [0.25, 0.3) is 0 Å². The van der Waals surface area contributed by atoms with Crippen molar-refractivity contribution in [2.24, 2.45) is 11.8 Å². The van der Waals surface area contributed by atoms with Gasteiger partial charge >= 0.3 is 0 Å². The molecule has 1 amide bonds. The second-order valence-corrected chi connectivity index (χ2v) is 5.94. The van der Waals surface area contributed by atoms with E-state index in [0.29, 0.717) is 11.8 Å². The van der Waals surface area contributed by atoms with Crippen LogP contribution in [-0.2, 0) is 0 Å². The Morgan fingerprint density at radius 1 is 1.15 bits per heavy atom. The Morgan fingerprint density at radius 2 is 1.65 bits per heavy atom. The van der Waals surface area contributed by atoms with E-state index in [1.54, 1.807) is 0 Å². The molecule has 0 radical (unpaired) electrons. The minimum absolute atomic E-state index is 0.0277. The van der Waals surface area contributed by atoms with Crippen molar-refractivity contribution in [1.29, 1.82) is 0 Å². The van der Waals surface area contributed by atoms with Gasteiger partial charge in [-0.1, -0.05) is 13.8 Å². The van der Waals surface area contributed by atoms with Crippen molar-refractivity contribution in [1.82, 2.24) is 5.32 Å². The number of carbonyl (C=O) groups is 1. The molecule has 0 aliphatic heterocycles. The summed E-state index contributed by atoms with van der Waals surface area (Å²) in [5, 5.41) is 2.86. The molecular formula is C15H20F2N2O. The average molecular weight is 282 g/mol. The van der Waals surface area contributed by atoms with Crippen LogP contribution in [0.2, 0.25) is 0 Å². The Balaban J connectivity index is 2.08. The van der Waals surface area contributed by atoms with Gasteiger partial charge in [-0.3, -0.25) is 4.79 Å². The van der Waals surface area contributed by atoms with E-state index in [-0.39, 0.29) is 11.6 Å². The number of amides is 1. The van der Waals surface area contributed by atoms with Crippen LogP contribution < -0.4 is 11.1 Å². The first-order valence-electron chi connectivity index (χ1n) is 6.92. The highest BCUT2D eigenvalue weighted by Crippen LogP contribution is 2.28. The van der Waals surface area contributed by atoms with Crippen LogP contribution in [0.1, 0.15) is 43.5 Å². The molecule has 110 valence electrons. The van der Waals surface area contributed by atoms with E-state index in [1.165, 1.54) is 0 Å². The summed E-state index contributed by atoms with van der Waals surface area (Å²) >= 11 is 0. The lowest BCUT2D eigenvalue weighted by molar-refractivity contribution is 0.0910. The van der Waals surface area contributed by atoms with Crippen molar-refractivity contribution in [2.45, 2.75) is 39.2 Å². The number of hydrogen-bond acceptors (Lipinski definition) is 2. The molecule has 1 aromatic rings. The van der Waals surface area contributed by atoms with Crippen molar-refractivity contribution < 1.29 is 13.6 Å². The Labute approximate surface area is 117 Å². The molecule has 1 aliphatic carbocycles. The van der Waals surface area contributed by atoms with E-state index < -0.39 is 23.2 Å². The standard InChI is InChI=1S/C15H20F2N2O/c1-8-3-9(2)5-11(4-8)19-15(20)10-6-12(16)14(18)13(17)7-10/h6-9,11H,3-5,18H2,1-2H3,(H,19,20). The van der Waals surface area contributed by atoms with Crippen LogP contribution in [0.4, 0.5) is 14.5 Å². The van der Waals surface area contributed by atoms with E-state index in [1.807, 2.05) is 0 Å². The number of nitrogen functional groups attached to an aromatic ring is 1. The Morgan fingerprint density at radius 3 is 2.15 bits per heavy atom. The predicted octanol–water partition coefficient (Wildman–Crippen LogP) is 3.10. The molecule has 20 heavy (non-hydrogen) atoms. The third-order valence-electron chi connectivity index (χ3n) is 3.85. The van der Waals surface area contributed by atoms with Crippen molar-refractivity contribution in [3.8, 4) is 0 Å². The average Bonchev–Trinajstić information content (AvgIpc) is 2.33. The van der Waals surface area contributed by atoms with Crippen molar-refractivity contribution in [2.75, 3.05) is 5.73 Å². The largest absolute Gasteiger partial charge is 0.394 e. The van der Waals surface area contributed by atoms with Gasteiger partial charge in [-0.05, 0) is 43.2 Å². The summed E-state index contributed by atoms with van der Waals surface area (Å²) in [4.78, 5) is 12.1. The van der Waals surface area contributed by atoms with E-state index in [0.717, 1.165) is 31.4 Å². The lowest BCUT2D eigenvalue weighted by Gasteiger charge is -2.32. The first-order chi connectivity index (χ1) is 9.36. The quantitative estimate of drug-likeness (QED) is 0.819. The van der Waals surface area contributed by atoms with Crippen LogP contribution in [-0.4, -0.2) is 11.9 Å². The summed E-state index contributed by atoms with van der Waals surface area (Å²) in [6.45, 7) is 4.30. The monoisotopic (exact) mass is 282 g/mol. The van der Waals surface area contributed by atoms with Gasteiger partial charge in [0, 0.05) is 11.6 Å². The fourth-order valence-electron chi connectivity index (χ4n) is 3.05. The first-order valence-corrected chi connectivity index (χ1v) is 6.92. The Bertz CT molecular complexity index is 486. The van der Waals surface area contributed by atoms with Gasteiger partial charge in [-0.2, -0.15) is 0 Å². The van der Waals surface area contributed by atoms with Crippen LogP contribution in [0.15, 0.2) is 12.1 Å². The van der Waals surface area contributed by atoms with Gasteiger partial charge < -0.3 is 11.1 Å². The summed E-state index contributed by atoms with van der Waals surface area (Å²) < 4.78 is 26.7.